The third kappa shape index (κ3) is 6.14. The molecule has 0 spiro atoms. The highest BCUT2D eigenvalue weighted by Crippen LogP contribution is 2.38. The van der Waals surface area contributed by atoms with Crippen molar-refractivity contribution < 1.29 is 19.0 Å². The Morgan fingerprint density at radius 3 is 2.29 bits per heavy atom. The normalized spacial score (nSPS) is 13.1. The fraction of sp³-hybridized carbons (Fsp3) is 0.292. The molecule has 0 unspecified atom stereocenters. The molecule has 1 aromatic heterocycles. The van der Waals surface area contributed by atoms with Gasteiger partial charge < -0.3 is 24.4 Å². The van der Waals surface area contributed by atoms with Crippen molar-refractivity contribution in [3.63, 3.8) is 0 Å². The Balaban J connectivity index is 1.57. The van der Waals surface area contributed by atoms with Crippen LogP contribution in [0.3, 0.4) is 0 Å². The number of rotatable bonds is 9. The number of para-hydroxylation sites is 1. The van der Waals surface area contributed by atoms with Gasteiger partial charge in [-0.1, -0.05) is 18.2 Å². The van der Waals surface area contributed by atoms with Gasteiger partial charge in [0.25, 0.3) is 0 Å². The molecule has 1 aliphatic rings. The van der Waals surface area contributed by atoms with E-state index in [1.165, 1.54) is 21.1 Å². The van der Waals surface area contributed by atoms with Crippen LogP contribution < -0.4 is 29.9 Å². The Morgan fingerprint density at radius 2 is 1.66 bits per heavy atom. The number of ether oxygens (including phenoxy) is 3. The van der Waals surface area contributed by atoms with Gasteiger partial charge in [-0.05, 0) is 37.1 Å². The van der Waals surface area contributed by atoms with Gasteiger partial charge in [0.2, 0.25) is 23.6 Å². The van der Waals surface area contributed by atoms with Crippen LogP contribution in [0.15, 0.2) is 47.6 Å². The minimum absolute atomic E-state index is 0.206. The number of esters is 1. The molecule has 11 heteroatoms. The lowest BCUT2D eigenvalue weighted by atomic mass is 10.2. The number of hydrazone groups is 1. The highest BCUT2D eigenvalue weighted by atomic mass is 16.6. The standard InChI is InChI=1S/C24H27N7O4/c1-16(32)35-21-19(33-2)13-17(14-20(21)34-3)15-25-30-23-27-22(26-18-9-5-4-6-10-18)28-24(29-23)31-11-7-8-12-31/h4-6,9-10,13-15H,7-8,11-12H2,1-3H3,(H2,26,27,28,29,30)/b25-15+. The van der Waals surface area contributed by atoms with Crippen LogP contribution in [0.1, 0.15) is 25.3 Å². The van der Waals surface area contributed by atoms with E-state index in [4.69, 9.17) is 14.2 Å². The lowest BCUT2D eigenvalue weighted by Gasteiger charge is -2.16. The number of hydrogen-bond acceptors (Lipinski definition) is 11. The largest absolute Gasteiger partial charge is 0.493 e. The zero-order chi connectivity index (χ0) is 24.6. The van der Waals surface area contributed by atoms with Crippen LogP contribution in [0, 0.1) is 0 Å². The molecule has 2 aromatic carbocycles. The van der Waals surface area contributed by atoms with Crippen LogP contribution >= 0.6 is 0 Å². The van der Waals surface area contributed by atoms with Gasteiger partial charge in [-0.25, -0.2) is 5.43 Å². The van der Waals surface area contributed by atoms with Crippen LogP contribution in [0.5, 0.6) is 17.2 Å². The SMILES string of the molecule is COc1cc(/C=N/Nc2nc(Nc3ccccc3)nc(N3CCCC3)n2)cc(OC)c1OC(C)=O. The average molecular weight is 478 g/mol. The number of methoxy groups -OCH3 is 2. The van der Waals surface area contributed by atoms with Gasteiger partial charge in [-0.15, -0.1) is 0 Å². The second-order valence-electron chi connectivity index (χ2n) is 7.69. The number of aromatic nitrogens is 3. The molecule has 0 aliphatic carbocycles. The number of nitrogens with one attached hydrogen (secondary N) is 2. The van der Waals surface area contributed by atoms with Gasteiger partial charge in [-0.3, -0.25) is 4.79 Å². The zero-order valence-electron chi connectivity index (χ0n) is 19.8. The lowest BCUT2D eigenvalue weighted by Crippen LogP contribution is -2.21. The van der Waals surface area contributed by atoms with Crippen LogP contribution in [-0.2, 0) is 4.79 Å². The van der Waals surface area contributed by atoms with Crippen molar-refractivity contribution in [2.24, 2.45) is 5.10 Å². The molecule has 0 amide bonds. The van der Waals surface area contributed by atoms with Gasteiger partial charge in [0, 0.05) is 31.3 Å². The minimum atomic E-state index is -0.478. The number of anilines is 4. The molecule has 1 aliphatic heterocycles. The maximum Gasteiger partial charge on any atom is 0.308 e. The minimum Gasteiger partial charge on any atom is -0.493 e. The smallest absolute Gasteiger partial charge is 0.308 e. The van der Waals surface area contributed by atoms with Crippen molar-refractivity contribution in [3.05, 3.63) is 48.0 Å². The molecule has 2 heterocycles. The van der Waals surface area contributed by atoms with Crippen molar-refractivity contribution in [2.45, 2.75) is 19.8 Å². The number of carbonyl (C=O) groups excluding carboxylic acids is 1. The summed E-state index contributed by atoms with van der Waals surface area (Å²) in [6.45, 7) is 3.10. The Morgan fingerprint density at radius 1 is 1.00 bits per heavy atom. The number of hydrogen-bond donors (Lipinski definition) is 2. The number of benzene rings is 2. The van der Waals surface area contributed by atoms with Crippen molar-refractivity contribution in [2.75, 3.05) is 43.0 Å². The summed E-state index contributed by atoms with van der Waals surface area (Å²) in [5.41, 5.74) is 4.40. The summed E-state index contributed by atoms with van der Waals surface area (Å²) in [6, 6.07) is 13.0. The maximum atomic E-state index is 11.4. The predicted molar refractivity (Wildman–Crippen MR) is 133 cm³/mol. The fourth-order valence-electron chi connectivity index (χ4n) is 3.56. The maximum absolute atomic E-state index is 11.4. The molecular formula is C24H27N7O4. The molecule has 4 rings (SSSR count). The summed E-state index contributed by atoms with van der Waals surface area (Å²) in [4.78, 5) is 27.1. The number of carbonyl (C=O) groups is 1. The first-order valence-corrected chi connectivity index (χ1v) is 11.1. The highest BCUT2D eigenvalue weighted by molar-refractivity contribution is 5.83. The van der Waals surface area contributed by atoms with E-state index in [2.05, 4.69) is 35.7 Å². The second-order valence-corrected chi connectivity index (χ2v) is 7.69. The van der Waals surface area contributed by atoms with E-state index in [9.17, 15) is 4.79 Å². The van der Waals surface area contributed by atoms with E-state index < -0.39 is 5.97 Å². The molecule has 0 atom stereocenters. The van der Waals surface area contributed by atoms with Crippen LogP contribution in [-0.4, -0.2) is 54.4 Å². The summed E-state index contributed by atoms with van der Waals surface area (Å²) < 4.78 is 15.9. The first kappa shape index (κ1) is 23.7. The summed E-state index contributed by atoms with van der Waals surface area (Å²) in [5.74, 6) is 1.71. The molecule has 182 valence electrons. The fourth-order valence-corrected chi connectivity index (χ4v) is 3.56. The molecule has 0 saturated carbocycles. The molecule has 1 saturated heterocycles. The van der Waals surface area contributed by atoms with Crippen LogP contribution in [0.25, 0.3) is 0 Å². The Bertz CT molecular complexity index is 1170. The number of nitrogens with zero attached hydrogens (tertiary/aromatic N) is 5. The summed E-state index contributed by atoms with van der Waals surface area (Å²) in [5, 5.41) is 7.49. The first-order valence-electron chi connectivity index (χ1n) is 11.1. The van der Waals surface area contributed by atoms with Crippen molar-refractivity contribution in [1.29, 1.82) is 0 Å². The van der Waals surface area contributed by atoms with Crippen molar-refractivity contribution in [1.82, 2.24) is 15.0 Å². The Labute approximate surface area is 203 Å². The zero-order valence-corrected chi connectivity index (χ0v) is 19.8. The van der Waals surface area contributed by atoms with E-state index in [-0.39, 0.29) is 5.75 Å². The van der Waals surface area contributed by atoms with E-state index in [0.717, 1.165) is 31.6 Å². The molecule has 0 bridgehead atoms. The third-order valence-electron chi connectivity index (χ3n) is 5.15. The molecule has 0 radical (unpaired) electrons. The lowest BCUT2D eigenvalue weighted by molar-refractivity contribution is -0.132. The first-order chi connectivity index (χ1) is 17.1. The van der Waals surface area contributed by atoms with Gasteiger partial charge in [0.1, 0.15) is 0 Å². The topological polar surface area (TPSA) is 123 Å². The molecular weight excluding hydrogens is 450 g/mol. The van der Waals surface area contributed by atoms with Gasteiger partial charge >= 0.3 is 5.97 Å². The predicted octanol–water partition coefficient (Wildman–Crippen LogP) is 3.60. The summed E-state index contributed by atoms with van der Waals surface area (Å²) >= 11 is 0. The highest BCUT2D eigenvalue weighted by Gasteiger charge is 2.18. The quantitative estimate of drug-likeness (QED) is 0.204. The van der Waals surface area contributed by atoms with E-state index in [0.29, 0.717) is 34.9 Å². The van der Waals surface area contributed by atoms with Gasteiger partial charge in [0.15, 0.2) is 11.5 Å². The molecule has 3 aromatic rings. The molecule has 11 nitrogen and oxygen atoms in total. The van der Waals surface area contributed by atoms with E-state index in [1.807, 2.05) is 30.3 Å². The molecule has 1 fully saturated rings. The second kappa shape index (κ2) is 11.1. The van der Waals surface area contributed by atoms with Crippen LogP contribution in [0.4, 0.5) is 23.5 Å². The Kier molecular flexibility index (Phi) is 7.56. The third-order valence-corrected chi connectivity index (χ3v) is 5.15. The van der Waals surface area contributed by atoms with E-state index in [1.54, 1.807) is 18.3 Å². The summed E-state index contributed by atoms with van der Waals surface area (Å²) in [6.07, 6.45) is 3.76. The van der Waals surface area contributed by atoms with Crippen molar-refractivity contribution in [3.8, 4) is 17.2 Å². The molecule has 2 N–H and O–H groups in total. The molecule has 35 heavy (non-hydrogen) atoms. The average Bonchev–Trinajstić information content (AvgIpc) is 3.40. The van der Waals surface area contributed by atoms with E-state index >= 15 is 0 Å². The summed E-state index contributed by atoms with van der Waals surface area (Å²) in [7, 11) is 2.96. The van der Waals surface area contributed by atoms with Gasteiger partial charge in [-0.2, -0.15) is 20.1 Å². The Hall–Kier alpha value is -4.41. The van der Waals surface area contributed by atoms with Gasteiger partial charge in [0.05, 0.1) is 20.4 Å². The monoisotopic (exact) mass is 477 g/mol. The van der Waals surface area contributed by atoms with Crippen LogP contribution in [0.2, 0.25) is 0 Å². The van der Waals surface area contributed by atoms with Crippen molar-refractivity contribution >= 4 is 35.7 Å².